The monoisotopic (exact) mass is 454 g/mol. The number of carboxylic acid groups (broad SMARTS) is 1. The Bertz CT molecular complexity index is 1590. The summed E-state index contributed by atoms with van der Waals surface area (Å²) in [4.78, 5) is 30.2. The average molecular weight is 455 g/mol. The summed E-state index contributed by atoms with van der Waals surface area (Å²) < 4.78 is 2.35. The smallest absolute Gasteiger partial charge is 0.300 e. The molecule has 1 unspecified atom stereocenters. The van der Waals surface area contributed by atoms with E-state index >= 15 is 0 Å². The molecule has 7 nitrogen and oxygen atoms in total. The van der Waals surface area contributed by atoms with Crippen molar-refractivity contribution in [1.29, 1.82) is 0 Å². The minimum atomic E-state index is -0.833. The second kappa shape index (κ2) is 8.76. The fourth-order valence-corrected chi connectivity index (χ4v) is 4.92. The zero-order valence-corrected chi connectivity index (χ0v) is 18.9. The van der Waals surface area contributed by atoms with E-state index in [9.17, 15) is 4.79 Å². The number of H-pyrrole nitrogens is 1. The van der Waals surface area contributed by atoms with Crippen LogP contribution in [0.1, 0.15) is 19.0 Å². The lowest BCUT2D eigenvalue weighted by atomic mass is 9.93. The van der Waals surface area contributed by atoms with Gasteiger partial charge in [-0.2, -0.15) is 0 Å². The van der Waals surface area contributed by atoms with Crippen molar-refractivity contribution >= 4 is 38.7 Å². The molecule has 5 aromatic rings. The lowest BCUT2D eigenvalue weighted by Crippen LogP contribution is -2.25. The van der Waals surface area contributed by atoms with Crippen LogP contribution in [-0.2, 0) is 17.8 Å². The highest BCUT2D eigenvalue weighted by molar-refractivity contribution is 5.99. The van der Waals surface area contributed by atoms with E-state index in [4.69, 9.17) is 20.6 Å². The second-order valence-electron chi connectivity index (χ2n) is 8.74. The molecule has 1 atom stereocenters. The van der Waals surface area contributed by atoms with Gasteiger partial charge in [-0.05, 0) is 54.3 Å². The lowest BCUT2D eigenvalue weighted by Gasteiger charge is -2.24. The molecule has 0 saturated heterocycles. The third kappa shape index (κ3) is 3.84. The van der Waals surface area contributed by atoms with E-state index < -0.39 is 5.97 Å². The molecule has 0 amide bonds. The standard InChI is InChI=1S/C25H22N4O.C2H4O2/c26-14-15-9-10-29-21-8-4-3-7-18(21)23(22(29)11-15)24-25(30)28-20-13-17-6-2-1-5-16(17)12-19(20)27-24;1-2(3)4/h1-8,12-13,15H,9-11,14,26H2,(H,28,30);1H3,(H,3,4). The number of hydrogen-bond donors (Lipinski definition) is 3. The van der Waals surface area contributed by atoms with Crippen LogP contribution >= 0.6 is 0 Å². The van der Waals surface area contributed by atoms with E-state index in [1.807, 2.05) is 30.3 Å². The molecule has 1 aliphatic rings. The number of para-hydroxylation sites is 1. The number of nitrogens with two attached hydrogens (primary N) is 1. The van der Waals surface area contributed by atoms with Crippen molar-refractivity contribution in [3.8, 4) is 11.3 Å². The van der Waals surface area contributed by atoms with Gasteiger partial charge in [0.25, 0.3) is 11.5 Å². The number of aromatic amines is 1. The van der Waals surface area contributed by atoms with Gasteiger partial charge in [0.15, 0.2) is 0 Å². The Hall–Kier alpha value is -3.97. The fourth-order valence-electron chi connectivity index (χ4n) is 4.92. The van der Waals surface area contributed by atoms with Gasteiger partial charge in [-0.25, -0.2) is 4.98 Å². The first kappa shape index (κ1) is 21.9. The molecule has 0 fully saturated rings. The summed E-state index contributed by atoms with van der Waals surface area (Å²) in [5.74, 6) is -0.399. The number of aromatic nitrogens is 3. The van der Waals surface area contributed by atoms with Gasteiger partial charge in [-0.15, -0.1) is 0 Å². The highest BCUT2D eigenvalue weighted by Crippen LogP contribution is 2.37. The van der Waals surface area contributed by atoms with Gasteiger partial charge in [0.2, 0.25) is 0 Å². The number of fused-ring (bicyclic) bond motifs is 5. The predicted molar refractivity (Wildman–Crippen MR) is 135 cm³/mol. The van der Waals surface area contributed by atoms with Crippen LogP contribution in [0, 0.1) is 5.92 Å². The first-order valence-electron chi connectivity index (χ1n) is 11.4. The molecular weight excluding hydrogens is 428 g/mol. The summed E-state index contributed by atoms with van der Waals surface area (Å²) in [5, 5.41) is 10.7. The molecule has 0 saturated carbocycles. The van der Waals surface area contributed by atoms with E-state index in [1.165, 1.54) is 5.69 Å². The summed E-state index contributed by atoms with van der Waals surface area (Å²) >= 11 is 0. The number of rotatable bonds is 2. The van der Waals surface area contributed by atoms with E-state index in [1.54, 1.807) is 0 Å². The molecule has 0 radical (unpaired) electrons. The van der Waals surface area contributed by atoms with Crippen molar-refractivity contribution in [3.05, 3.63) is 76.7 Å². The first-order valence-corrected chi connectivity index (χ1v) is 11.4. The molecule has 6 rings (SSSR count). The van der Waals surface area contributed by atoms with E-state index in [2.05, 4.69) is 39.9 Å². The van der Waals surface area contributed by atoms with Crippen LogP contribution in [0.15, 0.2) is 65.5 Å². The van der Waals surface area contributed by atoms with Crippen LogP contribution in [0.5, 0.6) is 0 Å². The molecule has 4 N–H and O–H groups in total. The number of benzene rings is 3. The SMILES string of the molecule is CC(=O)O.NCC1CCn2c(c(-c3nc4cc5ccccc5cc4[nH]c3=O)c3ccccc32)C1. The van der Waals surface area contributed by atoms with Gasteiger partial charge in [0.1, 0.15) is 5.69 Å². The molecule has 3 aromatic carbocycles. The van der Waals surface area contributed by atoms with Gasteiger partial charge in [0, 0.05) is 35.6 Å². The number of carbonyl (C=O) groups is 1. The van der Waals surface area contributed by atoms with E-state index in [-0.39, 0.29) is 5.56 Å². The molecule has 3 heterocycles. The maximum atomic E-state index is 13.2. The molecule has 34 heavy (non-hydrogen) atoms. The van der Waals surface area contributed by atoms with Crippen LogP contribution in [0.2, 0.25) is 0 Å². The molecule has 2 aromatic heterocycles. The number of carboxylic acids is 1. The minimum absolute atomic E-state index is 0.146. The Balaban J connectivity index is 0.000000560. The van der Waals surface area contributed by atoms with Gasteiger partial charge >= 0.3 is 0 Å². The summed E-state index contributed by atoms with van der Waals surface area (Å²) in [6.45, 7) is 2.67. The fraction of sp³-hybridized carbons (Fsp3) is 0.222. The summed E-state index contributed by atoms with van der Waals surface area (Å²) in [6.07, 6.45) is 1.94. The number of aryl methyl sites for hydroxylation is 1. The van der Waals surface area contributed by atoms with Crippen molar-refractivity contribution in [2.45, 2.75) is 26.3 Å². The van der Waals surface area contributed by atoms with E-state index in [0.29, 0.717) is 18.2 Å². The molecule has 1 aliphatic heterocycles. The molecule has 172 valence electrons. The Morgan fingerprint density at radius 1 is 1.15 bits per heavy atom. The van der Waals surface area contributed by atoms with E-state index in [0.717, 1.165) is 64.6 Å². The highest BCUT2D eigenvalue weighted by atomic mass is 16.4. The van der Waals surface area contributed by atoms with Crippen molar-refractivity contribution < 1.29 is 9.90 Å². The first-order chi connectivity index (χ1) is 16.5. The molecule has 0 aliphatic carbocycles. The van der Waals surface area contributed by atoms with Crippen LogP contribution in [0.25, 0.3) is 44.0 Å². The second-order valence-corrected chi connectivity index (χ2v) is 8.74. The minimum Gasteiger partial charge on any atom is -0.481 e. The number of nitrogens with zero attached hydrogens (tertiary/aromatic N) is 2. The van der Waals surface area contributed by atoms with Gasteiger partial charge < -0.3 is 20.4 Å². The van der Waals surface area contributed by atoms with Crippen molar-refractivity contribution in [2.24, 2.45) is 11.7 Å². The van der Waals surface area contributed by atoms with Gasteiger partial charge in [0.05, 0.1) is 11.0 Å². The molecule has 0 bridgehead atoms. The Kier molecular flexibility index (Phi) is 5.63. The van der Waals surface area contributed by atoms with Crippen LogP contribution in [-0.4, -0.2) is 32.2 Å². The number of nitrogens with one attached hydrogen (secondary N) is 1. The third-order valence-corrected chi connectivity index (χ3v) is 6.45. The maximum Gasteiger partial charge on any atom is 0.300 e. The molecular formula is C27H26N4O3. The zero-order chi connectivity index (χ0) is 23.8. The molecule has 0 spiro atoms. The normalized spacial score (nSPS) is 15.2. The summed E-state index contributed by atoms with van der Waals surface area (Å²) in [5.41, 5.74) is 11.2. The Morgan fingerprint density at radius 3 is 2.56 bits per heavy atom. The highest BCUT2D eigenvalue weighted by Gasteiger charge is 2.27. The zero-order valence-electron chi connectivity index (χ0n) is 18.9. The maximum absolute atomic E-state index is 13.2. The summed E-state index contributed by atoms with van der Waals surface area (Å²) in [6, 6.07) is 20.5. The lowest BCUT2D eigenvalue weighted by molar-refractivity contribution is -0.134. The topological polar surface area (TPSA) is 114 Å². The van der Waals surface area contributed by atoms with Crippen LogP contribution in [0.3, 0.4) is 0 Å². The van der Waals surface area contributed by atoms with Crippen LogP contribution < -0.4 is 11.3 Å². The van der Waals surface area contributed by atoms with Gasteiger partial charge in [-0.3, -0.25) is 9.59 Å². The number of aliphatic carboxylic acids is 1. The summed E-state index contributed by atoms with van der Waals surface area (Å²) in [7, 11) is 0. The van der Waals surface area contributed by atoms with Crippen LogP contribution in [0.4, 0.5) is 0 Å². The Morgan fingerprint density at radius 2 is 1.82 bits per heavy atom. The van der Waals surface area contributed by atoms with Crippen molar-refractivity contribution in [3.63, 3.8) is 0 Å². The van der Waals surface area contributed by atoms with Crippen molar-refractivity contribution in [1.82, 2.24) is 14.5 Å². The van der Waals surface area contributed by atoms with Gasteiger partial charge in [-0.1, -0.05) is 42.5 Å². The quantitative estimate of drug-likeness (QED) is 0.344. The molecule has 7 heteroatoms. The average Bonchev–Trinajstić information content (AvgIpc) is 3.15. The Labute approximate surface area is 195 Å². The van der Waals surface area contributed by atoms with Crippen molar-refractivity contribution in [2.75, 3.05) is 6.54 Å². The third-order valence-electron chi connectivity index (χ3n) is 6.45. The number of hydrogen-bond acceptors (Lipinski definition) is 4. The predicted octanol–water partition coefficient (Wildman–Crippen LogP) is 4.31. The largest absolute Gasteiger partial charge is 0.481 e.